The molecule has 1 rings (SSSR count). The summed E-state index contributed by atoms with van der Waals surface area (Å²) in [5, 5.41) is 6.29. The van der Waals surface area contributed by atoms with Crippen LogP contribution in [0.5, 0.6) is 5.75 Å². The first kappa shape index (κ1) is 21.3. The first-order valence-corrected chi connectivity index (χ1v) is 10.4. The molecule has 0 bridgehead atoms. The number of rotatable bonds is 8. The van der Waals surface area contributed by atoms with Crippen LogP contribution in [0.1, 0.15) is 38.3 Å². The highest BCUT2D eigenvalue weighted by atomic mass is 32.2. The van der Waals surface area contributed by atoms with Crippen LogP contribution in [0, 0.1) is 6.92 Å². The third-order valence-electron chi connectivity index (χ3n) is 4.04. The number of nitrogens with zero attached hydrogens (tertiary/aromatic N) is 1. The summed E-state index contributed by atoms with van der Waals surface area (Å²) in [6, 6.07) is 6.09. The molecular formula is C18H31N3O3S. The summed E-state index contributed by atoms with van der Waals surface area (Å²) in [6.45, 7) is 8.98. The lowest BCUT2D eigenvalue weighted by Crippen LogP contribution is -2.47. The molecule has 0 heterocycles. The molecule has 0 saturated heterocycles. The number of guanidine groups is 1. The monoisotopic (exact) mass is 369 g/mol. The van der Waals surface area contributed by atoms with E-state index in [1.54, 1.807) is 20.9 Å². The quantitative estimate of drug-likeness (QED) is 0.543. The maximum Gasteiger partial charge on any atom is 0.191 e. The Labute approximate surface area is 152 Å². The molecule has 0 radical (unpaired) electrons. The van der Waals surface area contributed by atoms with Gasteiger partial charge in [-0.15, -0.1) is 0 Å². The molecule has 1 aromatic rings. The van der Waals surface area contributed by atoms with E-state index < -0.39 is 14.6 Å². The Balaban J connectivity index is 2.72. The average Bonchev–Trinajstić information content (AvgIpc) is 2.53. The minimum Gasteiger partial charge on any atom is -0.493 e. The van der Waals surface area contributed by atoms with Gasteiger partial charge in [-0.1, -0.05) is 19.1 Å². The lowest BCUT2D eigenvalue weighted by molar-refractivity contribution is 0.313. The van der Waals surface area contributed by atoms with E-state index in [0.717, 1.165) is 23.3 Å². The van der Waals surface area contributed by atoms with Crippen LogP contribution in [0.2, 0.25) is 0 Å². The van der Waals surface area contributed by atoms with E-state index in [2.05, 4.69) is 22.5 Å². The Morgan fingerprint density at radius 3 is 2.52 bits per heavy atom. The fourth-order valence-corrected chi connectivity index (χ4v) is 2.32. The van der Waals surface area contributed by atoms with Crippen molar-refractivity contribution >= 4 is 15.8 Å². The van der Waals surface area contributed by atoms with Crippen molar-refractivity contribution in [3.63, 3.8) is 0 Å². The summed E-state index contributed by atoms with van der Waals surface area (Å²) >= 11 is 0. The van der Waals surface area contributed by atoms with E-state index in [-0.39, 0.29) is 6.54 Å². The smallest absolute Gasteiger partial charge is 0.191 e. The van der Waals surface area contributed by atoms with Gasteiger partial charge in [-0.25, -0.2) is 8.42 Å². The maximum absolute atomic E-state index is 11.8. The van der Waals surface area contributed by atoms with E-state index in [0.29, 0.717) is 19.1 Å². The van der Waals surface area contributed by atoms with Crippen molar-refractivity contribution in [1.82, 2.24) is 10.6 Å². The van der Waals surface area contributed by atoms with Crippen LogP contribution >= 0.6 is 0 Å². The van der Waals surface area contributed by atoms with Gasteiger partial charge in [0.25, 0.3) is 0 Å². The highest BCUT2D eigenvalue weighted by molar-refractivity contribution is 7.92. The van der Waals surface area contributed by atoms with Crippen molar-refractivity contribution in [1.29, 1.82) is 0 Å². The molecular weight excluding hydrogens is 338 g/mol. The van der Waals surface area contributed by atoms with Gasteiger partial charge in [0.05, 0.1) is 11.4 Å². The van der Waals surface area contributed by atoms with Crippen LogP contribution in [-0.2, 0) is 16.4 Å². The molecule has 0 saturated carbocycles. The molecule has 0 amide bonds. The normalized spacial score (nSPS) is 12.8. The highest BCUT2D eigenvalue weighted by Gasteiger charge is 2.30. The number of aryl methyl sites for hydroxylation is 1. The van der Waals surface area contributed by atoms with Gasteiger partial charge in [-0.05, 0) is 38.8 Å². The fourth-order valence-electron chi connectivity index (χ4n) is 1.98. The summed E-state index contributed by atoms with van der Waals surface area (Å²) in [5.74, 6) is 1.42. The third-order valence-corrected chi connectivity index (χ3v) is 6.19. The van der Waals surface area contributed by atoms with Gasteiger partial charge < -0.3 is 15.4 Å². The van der Waals surface area contributed by atoms with Gasteiger partial charge in [-0.2, -0.15) is 0 Å². The first-order valence-electron chi connectivity index (χ1n) is 8.47. The molecule has 6 nitrogen and oxygen atoms in total. The molecule has 0 aromatic heterocycles. The van der Waals surface area contributed by atoms with E-state index in [9.17, 15) is 8.42 Å². The summed E-state index contributed by atoms with van der Waals surface area (Å²) in [5.41, 5.74) is 2.18. The van der Waals surface area contributed by atoms with Crippen molar-refractivity contribution in [3.05, 3.63) is 29.3 Å². The molecule has 0 spiro atoms. The SMILES string of the molecule is CCCOc1cc(C)ccc1CNC(=NC)NCC(C)(C)S(C)(=O)=O. The van der Waals surface area contributed by atoms with Crippen LogP contribution < -0.4 is 15.4 Å². The van der Waals surface area contributed by atoms with E-state index in [4.69, 9.17) is 4.74 Å². The predicted molar refractivity (Wildman–Crippen MR) is 104 cm³/mol. The summed E-state index contributed by atoms with van der Waals surface area (Å²) in [7, 11) is -1.50. The first-order chi connectivity index (χ1) is 11.6. The Bertz CT molecular complexity index is 698. The Kier molecular flexibility index (Phi) is 7.73. The van der Waals surface area contributed by atoms with Crippen LogP contribution in [0.25, 0.3) is 0 Å². The van der Waals surface area contributed by atoms with Gasteiger partial charge in [0.2, 0.25) is 0 Å². The topological polar surface area (TPSA) is 79.8 Å². The minimum atomic E-state index is -3.16. The van der Waals surface area contributed by atoms with Crippen molar-refractivity contribution in [2.45, 2.75) is 45.4 Å². The molecule has 0 aliphatic carbocycles. The zero-order valence-corrected chi connectivity index (χ0v) is 17.0. The zero-order valence-electron chi connectivity index (χ0n) is 16.1. The van der Waals surface area contributed by atoms with E-state index >= 15 is 0 Å². The van der Waals surface area contributed by atoms with Gasteiger partial charge in [0.15, 0.2) is 15.8 Å². The van der Waals surface area contributed by atoms with Crippen molar-refractivity contribution in [3.8, 4) is 5.75 Å². The predicted octanol–water partition coefficient (Wildman–Crippen LogP) is 2.27. The number of hydrogen-bond donors (Lipinski definition) is 2. The zero-order chi connectivity index (χ0) is 19.1. The Hall–Kier alpha value is -1.76. The van der Waals surface area contributed by atoms with Crippen molar-refractivity contribution < 1.29 is 13.2 Å². The molecule has 25 heavy (non-hydrogen) atoms. The second-order valence-electron chi connectivity index (χ2n) is 6.77. The molecule has 0 unspecified atom stereocenters. The molecule has 1 aromatic carbocycles. The third kappa shape index (κ3) is 6.57. The number of nitrogens with one attached hydrogen (secondary N) is 2. The van der Waals surface area contributed by atoms with Gasteiger partial charge in [-0.3, -0.25) is 4.99 Å². The average molecular weight is 370 g/mol. The second-order valence-corrected chi connectivity index (χ2v) is 9.42. The van der Waals surface area contributed by atoms with Crippen LogP contribution in [0.15, 0.2) is 23.2 Å². The van der Waals surface area contributed by atoms with E-state index in [1.807, 2.05) is 25.1 Å². The summed E-state index contributed by atoms with van der Waals surface area (Å²) < 4.78 is 28.5. The van der Waals surface area contributed by atoms with Crippen molar-refractivity contribution in [2.24, 2.45) is 4.99 Å². The second kappa shape index (κ2) is 9.08. The van der Waals surface area contributed by atoms with Gasteiger partial charge in [0.1, 0.15) is 5.75 Å². The van der Waals surface area contributed by atoms with Gasteiger partial charge in [0, 0.05) is 32.0 Å². The Morgan fingerprint density at radius 1 is 1.28 bits per heavy atom. The van der Waals surface area contributed by atoms with Gasteiger partial charge >= 0.3 is 0 Å². The Morgan fingerprint density at radius 2 is 1.96 bits per heavy atom. The number of sulfone groups is 1. The molecule has 0 aliphatic rings. The maximum atomic E-state index is 11.8. The summed E-state index contributed by atoms with van der Waals surface area (Å²) in [6.07, 6.45) is 2.19. The number of hydrogen-bond acceptors (Lipinski definition) is 4. The largest absolute Gasteiger partial charge is 0.493 e. The molecule has 0 fully saturated rings. The standard InChI is InChI=1S/C18H31N3O3S/c1-7-10-24-16-11-14(2)8-9-15(16)12-20-17(19-5)21-13-18(3,4)25(6,22)23/h8-9,11H,7,10,12-13H2,1-6H3,(H2,19,20,21). The lowest BCUT2D eigenvalue weighted by Gasteiger charge is -2.24. The minimum absolute atomic E-state index is 0.276. The molecule has 0 aliphatic heterocycles. The van der Waals surface area contributed by atoms with E-state index in [1.165, 1.54) is 6.26 Å². The number of benzene rings is 1. The molecule has 2 N–H and O–H groups in total. The summed E-state index contributed by atoms with van der Waals surface area (Å²) in [4.78, 5) is 4.16. The molecule has 142 valence electrons. The molecule has 7 heteroatoms. The number of aliphatic imine (C=N–C) groups is 1. The van der Waals surface area contributed by atoms with Crippen LogP contribution in [0.4, 0.5) is 0 Å². The fraction of sp³-hybridized carbons (Fsp3) is 0.611. The highest BCUT2D eigenvalue weighted by Crippen LogP contribution is 2.20. The number of ether oxygens (including phenoxy) is 1. The van der Waals surface area contributed by atoms with Crippen molar-refractivity contribution in [2.75, 3.05) is 26.5 Å². The molecule has 0 atom stereocenters. The van der Waals surface area contributed by atoms with Crippen LogP contribution in [-0.4, -0.2) is 45.6 Å². The van der Waals surface area contributed by atoms with Crippen LogP contribution in [0.3, 0.4) is 0 Å². The lowest BCUT2D eigenvalue weighted by atomic mass is 10.1.